The van der Waals surface area contributed by atoms with Gasteiger partial charge in [0.2, 0.25) is 9.05 Å². The Balaban J connectivity index is 2.27. The maximum absolute atomic E-state index is 12.6. The first-order chi connectivity index (χ1) is 8.17. The molecule has 0 saturated carbocycles. The number of nitrogens with zero attached hydrogens (tertiary/aromatic N) is 1. The molecule has 4 nitrogen and oxygen atoms in total. The van der Waals surface area contributed by atoms with Gasteiger partial charge >= 0.3 is 6.18 Å². The third kappa shape index (κ3) is 2.97. The Bertz CT molecular complexity index is 552. The highest BCUT2D eigenvalue weighted by Crippen LogP contribution is 2.38. The summed E-state index contributed by atoms with van der Waals surface area (Å²) < 4.78 is 64.5. The first kappa shape index (κ1) is 13.7. The van der Waals surface area contributed by atoms with Gasteiger partial charge in [-0.05, 0) is 12.8 Å². The maximum atomic E-state index is 12.6. The number of alkyl halides is 3. The average molecular weight is 304 g/mol. The molecule has 1 aliphatic rings. The fourth-order valence-corrected chi connectivity index (χ4v) is 2.88. The molecule has 0 aromatic carbocycles. The summed E-state index contributed by atoms with van der Waals surface area (Å²) in [6.07, 6.45) is -4.57. The zero-order chi connectivity index (χ0) is 13.6. The van der Waals surface area contributed by atoms with Crippen molar-refractivity contribution in [3.05, 3.63) is 17.0 Å². The normalized spacial score (nSPS) is 20.8. The summed E-state index contributed by atoms with van der Waals surface area (Å²) in [6, 6.07) is 0. The third-order valence-corrected chi connectivity index (χ3v) is 3.84. The Morgan fingerprint density at radius 1 is 1.44 bits per heavy atom. The van der Waals surface area contributed by atoms with E-state index in [1.807, 2.05) is 0 Å². The van der Waals surface area contributed by atoms with Crippen LogP contribution >= 0.6 is 10.7 Å². The molecule has 0 saturated heterocycles. The fraction of sp³-hybridized carbons (Fsp3) is 0.667. The van der Waals surface area contributed by atoms with Crippen LogP contribution in [-0.4, -0.2) is 19.8 Å². The van der Waals surface area contributed by atoms with E-state index in [0.717, 1.165) is 0 Å². The van der Waals surface area contributed by atoms with Crippen molar-refractivity contribution in [1.82, 2.24) is 5.16 Å². The molecular formula is C9H9ClF3NO3S. The molecule has 1 aromatic rings. The second kappa shape index (κ2) is 4.41. The van der Waals surface area contributed by atoms with Crippen molar-refractivity contribution in [3.63, 3.8) is 0 Å². The predicted molar refractivity (Wildman–Crippen MR) is 56.5 cm³/mol. The Morgan fingerprint density at radius 2 is 2.11 bits per heavy atom. The summed E-state index contributed by atoms with van der Waals surface area (Å²) in [7, 11) is 1.20. The number of hydrogen-bond acceptors (Lipinski definition) is 4. The molecule has 0 bridgehead atoms. The van der Waals surface area contributed by atoms with Gasteiger partial charge in [-0.2, -0.15) is 13.2 Å². The van der Waals surface area contributed by atoms with Gasteiger partial charge in [-0.3, -0.25) is 0 Å². The molecule has 2 rings (SSSR count). The molecule has 1 heterocycles. The monoisotopic (exact) mass is 303 g/mol. The molecule has 0 spiro atoms. The zero-order valence-electron chi connectivity index (χ0n) is 9.00. The Hall–Kier alpha value is -0.760. The molecule has 0 aliphatic heterocycles. The fourth-order valence-electron chi connectivity index (χ4n) is 2.02. The Labute approximate surface area is 106 Å². The number of hydrogen-bond donors (Lipinski definition) is 0. The Kier molecular flexibility index (Phi) is 3.35. The first-order valence-corrected chi connectivity index (χ1v) is 7.60. The van der Waals surface area contributed by atoms with Gasteiger partial charge in [-0.25, -0.2) is 8.42 Å². The van der Waals surface area contributed by atoms with Crippen molar-refractivity contribution in [2.45, 2.75) is 31.2 Å². The van der Waals surface area contributed by atoms with E-state index in [9.17, 15) is 21.6 Å². The third-order valence-electron chi connectivity index (χ3n) is 2.89. The van der Waals surface area contributed by atoms with Gasteiger partial charge < -0.3 is 4.52 Å². The van der Waals surface area contributed by atoms with E-state index in [0.29, 0.717) is 5.76 Å². The van der Waals surface area contributed by atoms with E-state index < -0.39 is 26.9 Å². The molecular weight excluding hydrogens is 295 g/mol. The molecule has 0 N–H and O–H groups in total. The highest BCUT2D eigenvalue weighted by atomic mass is 35.7. The van der Waals surface area contributed by atoms with Crippen LogP contribution < -0.4 is 0 Å². The maximum Gasteiger partial charge on any atom is 0.392 e. The standard InChI is InChI=1S/C9H9ClF3NO3S/c10-18(15,16)4-7-6-3-5(9(11,12)13)1-2-8(6)17-14-7/h5H,1-4H2. The largest absolute Gasteiger partial charge is 0.392 e. The van der Waals surface area contributed by atoms with E-state index in [4.69, 9.17) is 15.2 Å². The lowest BCUT2D eigenvalue weighted by Gasteiger charge is -2.23. The van der Waals surface area contributed by atoms with Crippen LogP contribution in [0, 0.1) is 5.92 Å². The van der Waals surface area contributed by atoms with E-state index >= 15 is 0 Å². The lowest BCUT2D eigenvalue weighted by molar-refractivity contribution is -0.177. The van der Waals surface area contributed by atoms with Gasteiger partial charge in [0.05, 0.1) is 5.92 Å². The lowest BCUT2D eigenvalue weighted by atomic mass is 9.86. The molecule has 9 heteroatoms. The summed E-state index contributed by atoms with van der Waals surface area (Å²) in [4.78, 5) is 0. The van der Waals surface area contributed by atoms with Crippen LogP contribution in [0.2, 0.25) is 0 Å². The molecule has 1 atom stereocenters. The van der Waals surface area contributed by atoms with Gasteiger partial charge in [0.1, 0.15) is 17.2 Å². The quantitative estimate of drug-likeness (QED) is 0.787. The molecule has 1 unspecified atom stereocenters. The molecule has 1 aliphatic carbocycles. The van der Waals surface area contributed by atoms with Crippen LogP contribution in [-0.2, 0) is 27.6 Å². The van der Waals surface area contributed by atoms with Crippen molar-refractivity contribution in [2.24, 2.45) is 5.92 Å². The number of aryl methyl sites for hydroxylation is 1. The average Bonchev–Trinajstić information content (AvgIpc) is 2.57. The SMILES string of the molecule is O=S(=O)(Cl)Cc1noc2c1CC(C(F)(F)F)CC2. The van der Waals surface area contributed by atoms with Gasteiger partial charge in [-0.15, -0.1) is 0 Å². The molecule has 0 fully saturated rings. The van der Waals surface area contributed by atoms with Crippen LogP contribution in [0.1, 0.15) is 23.4 Å². The minimum absolute atomic E-state index is 0.0195. The number of rotatable bonds is 2. The topological polar surface area (TPSA) is 60.2 Å². The van der Waals surface area contributed by atoms with Crippen molar-refractivity contribution >= 4 is 19.7 Å². The highest BCUT2D eigenvalue weighted by Gasteiger charge is 2.43. The molecule has 18 heavy (non-hydrogen) atoms. The molecule has 102 valence electrons. The van der Waals surface area contributed by atoms with Crippen molar-refractivity contribution in [1.29, 1.82) is 0 Å². The number of fused-ring (bicyclic) bond motifs is 1. The van der Waals surface area contributed by atoms with E-state index in [2.05, 4.69) is 5.16 Å². The minimum atomic E-state index is -4.30. The van der Waals surface area contributed by atoms with Gasteiger partial charge in [0.15, 0.2) is 0 Å². The highest BCUT2D eigenvalue weighted by molar-refractivity contribution is 8.13. The van der Waals surface area contributed by atoms with Crippen LogP contribution in [0.4, 0.5) is 13.2 Å². The van der Waals surface area contributed by atoms with Crippen molar-refractivity contribution in [2.75, 3.05) is 0 Å². The predicted octanol–water partition coefficient (Wildman–Crippen LogP) is 2.41. The van der Waals surface area contributed by atoms with Gasteiger partial charge in [-0.1, -0.05) is 5.16 Å². The molecule has 1 aromatic heterocycles. The van der Waals surface area contributed by atoms with Gasteiger partial charge in [0.25, 0.3) is 0 Å². The van der Waals surface area contributed by atoms with Crippen LogP contribution in [0.3, 0.4) is 0 Å². The second-order valence-electron chi connectivity index (χ2n) is 4.20. The Morgan fingerprint density at radius 3 is 2.67 bits per heavy atom. The molecule has 0 radical (unpaired) electrons. The van der Waals surface area contributed by atoms with Gasteiger partial charge in [0, 0.05) is 22.7 Å². The van der Waals surface area contributed by atoms with Crippen molar-refractivity contribution in [3.8, 4) is 0 Å². The lowest BCUT2D eigenvalue weighted by Crippen LogP contribution is -2.28. The van der Waals surface area contributed by atoms with Crippen molar-refractivity contribution < 1.29 is 26.1 Å². The second-order valence-corrected chi connectivity index (χ2v) is 6.97. The first-order valence-electron chi connectivity index (χ1n) is 5.12. The number of aromatic nitrogens is 1. The van der Waals surface area contributed by atoms with E-state index in [1.54, 1.807) is 0 Å². The summed E-state index contributed by atoms with van der Waals surface area (Å²) in [5, 5.41) is 3.49. The smallest absolute Gasteiger partial charge is 0.361 e. The van der Waals surface area contributed by atoms with Crippen LogP contribution in [0.5, 0.6) is 0 Å². The number of halogens is 4. The van der Waals surface area contributed by atoms with E-state index in [-0.39, 0.29) is 30.5 Å². The summed E-state index contributed by atoms with van der Waals surface area (Å²) in [5.41, 5.74) is 0.210. The zero-order valence-corrected chi connectivity index (χ0v) is 10.6. The minimum Gasteiger partial charge on any atom is -0.361 e. The van der Waals surface area contributed by atoms with Crippen LogP contribution in [0.15, 0.2) is 4.52 Å². The van der Waals surface area contributed by atoms with E-state index in [1.165, 1.54) is 0 Å². The van der Waals surface area contributed by atoms with Crippen LogP contribution in [0.25, 0.3) is 0 Å². The summed E-state index contributed by atoms with van der Waals surface area (Å²) in [6.45, 7) is 0. The summed E-state index contributed by atoms with van der Waals surface area (Å²) in [5.74, 6) is -1.77. The molecule has 0 amide bonds. The summed E-state index contributed by atoms with van der Waals surface area (Å²) >= 11 is 0.